The molecular formula is C19H28N2O4S. The summed E-state index contributed by atoms with van der Waals surface area (Å²) in [5.41, 5.74) is 0. The van der Waals surface area contributed by atoms with Crippen LogP contribution < -0.4 is 4.74 Å². The first-order valence-electron chi connectivity index (χ1n) is 9.40. The Morgan fingerprint density at radius 2 is 1.92 bits per heavy atom. The molecule has 1 fully saturated rings. The summed E-state index contributed by atoms with van der Waals surface area (Å²) in [6.07, 6.45) is 1.44. The zero-order valence-electron chi connectivity index (χ0n) is 15.7. The summed E-state index contributed by atoms with van der Waals surface area (Å²) in [6.45, 7) is 7.51. The first-order valence-corrected chi connectivity index (χ1v) is 10.8. The molecule has 144 valence electrons. The Morgan fingerprint density at radius 3 is 2.62 bits per heavy atom. The first kappa shape index (κ1) is 19.2. The lowest BCUT2D eigenvalue weighted by molar-refractivity contribution is -0.130. The van der Waals surface area contributed by atoms with Crippen molar-refractivity contribution in [2.75, 3.05) is 19.6 Å². The number of fused-ring (bicyclic) bond motifs is 2. The molecule has 1 aromatic carbocycles. The molecule has 0 aliphatic carbocycles. The molecule has 1 amide bonds. The van der Waals surface area contributed by atoms with E-state index in [0.29, 0.717) is 44.6 Å². The maximum atomic E-state index is 13.4. The van der Waals surface area contributed by atoms with Crippen LogP contribution in [0.3, 0.4) is 0 Å². The van der Waals surface area contributed by atoms with E-state index in [2.05, 4.69) is 0 Å². The molecule has 0 N–H and O–H groups in total. The lowest BCUT2D eigenvalue weighted by Crippen LogP contribution is -2.48. The average molecular weight is 381 g/mol. The highest BCUT2D eigenvalue weighted by Gasteiger charge is 2.43. The highest BCUT2D eigenvalue weighted by Crippen LogP contribution is 2.36. The Morgan fingerprint density at radius 1 is 1.23 bits per heavy atom. The van der Waals surface area contributed by atoms with E-state index >= 15 is 0 Å². The summed E-state index contributed by atoms with van der Waals surface area (Å²) in [6, 6.07) is 6.62. The van der Waals surface area contributed by atoms with Crippen molar-refractivity contribution >= 4 is 15.9 Å². The first-order chi connectivity index (χ1) is 12.3. The fourth-order valence-electron chi connectivity index (χ4n) is 3.82. The van der Waals surface area contributed by atoms with Crippen LogP contribution in [0.4, 0.5) is 0 Å². The van der Waals surface area contributed by atoms with E-state index in [1.165, 1.54) is 0 Å². The van der Waals surface area contributed by atoms with Gasteiger partial charge in [-0.2, -0.15) is 4.31 Å². The van der Waals surface area contributed by atoms with Gasteiger partial charge in [0.2, 0.25) is 15.9 Å². The number of rotatable bonds is 3. The van der Waals surface area contributed by atoms with E-state index in [1.807, 2.05) is 25.7 Å². The predicted molar refractivity (Wildman–Crippen MR) is 99.5 cm³/mol. The number of amides is 1. The molecule has 3 rings (SSSR count). The van der Waals surface area contributed by atoms with Gasteiger partial charge >= 0.3 is 0 Å². The summed E-state index contributed by atoms with van der Waals surface area (Å²) in [5.74, 6) is 0.733. The second-order valence-electron chi connectivity index (χ2n) is 7.45. The molecule has 2 heterocycles. The van der Waals surface area contributed by atoms with Crippen molar-refractivity contribution < 1.29 is 17.9 Å². The molecule has 2 aliphatic rings. The molecule has 0 bridgehead atoms. The highest BCUT2D eigenvalue weighted by atomic mass is 32.2. The Bertz CT molecular complexity index is 763. The topological polar surface area (TPSA) is 66.9 Å². The fourth-order valence-corrected chi connectivity index (χ4v) is 5.79. The Labute approximate surface area is 156 Å². The van der Waals surface area contributed by atoms with Crippen molar-refractivity contribution in [2.45, 2.75) is 57.1 Å². The van der Waals surface area contributed by atoms with Crippen LogP contribution in [0.5, 0.6) is 5.75 Å². The molecule has 1 saturated heterocycles. The summed E-state index contributed by atoms with van der Waals surface area (Å²) in [7, 11) is -3.64. The summed E-state index contributed by atoms with van der Waals surface area (Å²) in [5, 5.41) is 0. The maximum absolute atomic E-state index is 13.4. The van der Waals surface area contributed by atoms with Crippen LogP contribution in [-0.4, -0.2) is 55.3 Å². The quantitative estimate of drug-likeness (QED) is 0.808. The van der Waals surface area contributed by atoms with E-state index in [9.17, 15) is 13.2 Å². The minimum Gasteiger partial charge on any atom is -0.487 e. The van der Waals surface area contributed by atoms with Crippen LogP contribution in [0.1, 0.15) is 40.0 Å². The number of hydrogen-bond acceptors (Lipinski definition) is 4. The molecule has 6 nitrogen and oxygen atoms in total. The number of carbonyl (C=O) groups is 1. The summed E-state index contributed by atoms with van der Waals surface area (Å²) in [4.78, 5) is 14.2. The van der Waals surface area contributed by atoms with Gasteiger partial charge in [0.15, 0.2) is 0 Å². The lowest BCUT2D eigenvalue weighted by Gasteiger charge is -2.32. The zero-order chi connectivity index (χ0) is 18.9. The summed E-state index contributed by atoms with van der Waals surface area (Å²) < 4.78 is 34.5. The molecule has 7 heteroatoms. The molecule has 0 spiro atoms. The van der Waals surface area contributed by atoms with E-state index in [1.54, 1.807) is 28.6 Å². The minimum atomic E-state index is -3.64. The van der Waals surface area contributed by atoms with Crippen molar-refractivity contribution in [3.8, 4) is 5.75 Å². The molecule has 0 saturated carbocycles. The van der Waals surface area contributed by atoms with Crippen LogP contribution in [-0.2, 0) is 14.8 Å². The SMILES string of the molecule is CCC(=O)N1CC[C@@H]2Oc3ccccc3S(=O)(=O)N(CC(C)C)[C@H]2CC1. The monoisotopic (exact) mass is 380 g/mol. The van der Waals surface area contributed by atoms with E-state index < -0.39 is 10.0 Å². The highest BCUT2D eigenvalue weighted by molar-refractivity contribution is 7.89. The number of ether oxygens (including phenoxy) is 1. The summed E-state index contributed by atoms with van der Waals surface area (Å²) >= 11 is 0. The number of likely N-dealkylation sites (tertiary alicyclic amines) is 1. The number of sulfonamides is 1. The van der Waals surface area contributed by atoms with Crippen molar-refractivity contribution in [1.82, 2.24) is 9.21 Å². The number of carbonyl (C=O) groups excluding carboxylic acids is 1. The smallest absolute Gasteiger partial charge is 0.247 e. The third-order valence-electron chi connectivity index (χ3n) is 5.09. The molecule has 0 unspecified atom stereocenters. The van der Waals surface area contributed by atoms with Gasteiger partial charge in [-0.25, -0.2) is 8.42 Å². The largest absolute Gasteiger partial charge is 0.487 e. The van der Waals surface area contributed by atoms with Gasteiger partial charge < -0.3 is 9.64 Å². The molecular weight excluding hydrogens is 352 g/mol. The third kappa shape index (κ3) is 3.60. The van der Waals surface area contributed by atoms with Crippen LogP contribution in [0, 0.1) is 5.92 Å². The average Bonchev–Trinajstić information content (AvgIpc) is 2.85. The molecule has 0 radical (unpaired) electrons. The Hall–Kier alpha value is -1.60. The standard InChI is InChI=1S/C19H28N2O4S/c1-4-19(22)20-11-9-15-16(10-12-20)25-17-7-5-6-8-18(17)26(23,24)21(15)13-14(2)3/h5-8,14-16H,4,9-13H2,1-3H3/t15-,16-/m0/s1. The van der Waals surface area contributed by atoms with Crippen LogP contribution in [0.2, 0.25) is 0 Å². The Balaban J connectivity index is 2.01. The molecule has 0 aromatic heterocycles. The second-order valence-corrected chi connectivity index (χ2v) is 9.31. The van der Waals surface area contributed by atoms with Crippen LogP contribution in [0.25, 0.3) is 0 Å². The number of hydrogen-bond donors (Lipinski definition) is 0. The zero-order valence-corrected chi connectivity index (χ0v) is 16.5. The normalized spacial score (nSPS) is 25.6. The van der Waals surface area contributed by atoms with E-state index in [4.69, 9.17) is 4.74 Å². The molecule has 1 aromatic rings. The van der Waals surface area contributed by atoms with Gasteiger partial charge in [0.25, 0.3) is 0 Å². The Kier molecular flexibility index (Phi) is 5.58. The number of para-hydroxylation sites is 1. The predicted octanol–water partition coefficient (Wildman–Crippen LogP) is 2.50. The second kappa shape index (κ2) is 7.56. The van der Waals surface area contributed by atoms with Gasteiger partial charge in [0.1, 0.15) is 16.7 Å². The van der Waals surface area contributed by atoms with Gasteiger partial charge in [0.05, 0.1) is 6.04 Å². The third-order valence-corrected chi connectivity index (χ3v) is 7.02. The maximum Gasteiger partial charge on any atom is 0.247 e. The van der Waals surface area contributed by atoms with Crippen LogP contribution >= 0.6 is 0 Å². The van der Waals surface area contributed by atoms with Gasteiger partial charge in [-0.1, -0.05) is 32.9 Å². The molecule has 26 heavy (non-hydrogen) atoms. The van der Waals surface area contributed by atoms with Crippen molar-refractivity contribution in [3.63, 3.8) is 0 Å². The number of nitrogens with zero attached hydrogens (tertiary/aromatic N) is 2. The van der Waals surface area contributed by atoms with Gasteiger partial charge in [0, 0.05) is 32.5 Å². The molecule has 2 aliphatic heterocycles. The molecule has 2 atom stereocenters. The van der Waals surface area contributed by atoms with Gasteiger partial charge in [-0.3, -0.25) is 4.79 Å². The van der Waals surface area contributed by atoms with Crippen LogP contribution in [0.15, 0.2) is 29.2 Å². The van der Waals surface area contributed by atoms with Crippen molar-refractivity contribution in [3.05, 3.63) is 24.3 Å². The fraction of sp³-hybridized carbons (Fsp3) is 0.632. The van der Waals surface area contributed by atoms with Gasteiger partial charge in [-0.15, -0.1) is 0 Å². The van der Waals surface area contributed by atoms with E-state index in [0.717, 1.165) is 0 Å². The lowest BCUT2D eigenvalue weighted by atomic mass is 10.0. The van der Waals surface area contributed by atoms with Crippen molar-refractivity contribution in [1.29, 1.82) is 0 Å². The van der Waals surface area contributed by atoms with Crippen molar-refractivity contribution in [2.24, 2.45) is 5.92 Å². The van der Waals surface area contributed by atoms with Gasteiger partial charge in [-0.05, 0) is 24.5 Å². The van der Waals surface area contributed by atoms with E-state index in [-0.39, 0.29) is 28.9 Å². The number of benzene rings is 1. The minimum absolute atomic E-state index is 0.111.